The Balaban J connectivity index is 1.82. The van der Waals surface area contributed by atoms with Crippen LogP contribution in [0.25, 0.3) is 0 Å². The summed E-state index contributed by atoms with van der Waals surface area (Å²) in [5, 5.41) is 11.7. The van der Waals surface area contributed by atoms with Gasteiger partial charge in [0.05, 0.1) is 11.0 Å². The lowest BCUT2D eigenvalue weighted by molar-refractivity contribution is 0.102. The molecule has 2 aromatic carbocycles. The molecular formula is C18H17F3N2O4S. The number of aliphatic hydroxyl groups is 1. The van der Waals surface area contributed by atoms with Crippen LogP contribution in [-0.4, -0.2) is 42.9 Å². The minimum atomic E-state index is -3.86. The fourth-order valence-corrected chi connectivity index (χ4v) is 4.38. The molecule has 3 rings (SSSR count). The highest BCUT2D eigenvalue weighted by Crippen LogP contribution is 2.23. The predicted molar refractivity (Wildman–Crippen MR) is 94.7 cm³/mol. The largest absolute Gasteiger partial charge is 0.393 e. The fraction of sp³-hybridized carbons (Fsp3) is 0.278. The molecule has 6 nitrogen and oxygen atoms in total. The molecule has 0 atom stereocenters. The Hall–Kier alpha value is -2.43. The Kier molecular flexibility index (Phi) is 5.73. The SMILES string of the molecule is O=C(Nc1cc(F)c(F)c(F)c1)c1cccc(S(=O)(=O)N2CCC(O)CC2)c1. The van der Waals surface area contributed by atoms with Crippen molar-refractivity contribution < 1.29 is 31.5 Å². The zero-order valence-corrected chi connectivity index (χ0v) is 15.3. The zero-order chi connectivity index (χ0) is 20.5. The number of anilines is 1. The van der Waals surface area contributed by atoms with Crippen molar-refractivity contribution in [2.75, 3.05) is 18.4 Å². The molecule has 0 unspecified atom stereocenters. The van der Waals surface area contributed by atoms with Crippen LogP contribution in [0.3, 0.4) is 0 Å². The van der Waals surface area contributed by atoms with Crippen LogP contribution in [0.15, 0.2) is 41.3 Å². The lowest BCUT2D eigenvalue weighted by Crippen LogP contribution is -2.40. The predicted octanol–water partition coefficient (Wildman–Crippen LogP) is 2.50. The first-order valence-corrected chi connectivity index (χ1v) is 9.86. The van der Waals surface area contributed by atoms with Crippen LogP contribution in [0.4, 0.5) is 18.9 Å². The van der Waals surface area contributed by atoms with E-state index in [0.29, 0.717) is 25.0 Å². The molecule has 0 saturated carbocycles. The number of nitrogens with one attached hydrogen (secondary N) is 1. The zero-order valence-electron chi connectivity index (χ0n) is 14.5. The molecule has 1 fully saturated rings. The molecule has 10 heteroatoms. The number of nitrogens with zero attached hydrogens (tertiary/aromatic N) is 1. The minimum absolute atomic E-state index is 0.0525. The van der Waals surface area contributed by atoms with Crippen molar-refractivity contribution in [3.8, 4) is 0 Å². The number of benzene rings is 2. The third-order valence-electron chi connectivity index (χ3n) is 4.40. The van der Waals surface area contributed by atoms with Gasteiger partial charge in [0.15, 0.2) is 17.5 Å². The number of hydrogen-bond donors (Lipinski definition) is 2. The van der Waals surface area contributed by atoms with Crippen molar-refractivity contribution in [1.82, 2.24) is 4.31 Å². The van der Waals surface area contributed by atoms with E-state index in [1.807, 2.05) is 0 Å². The van der Waals surface area contributed by atoms with Crippen LogP contribution in [-0.2, 0) is 10.0 Å². The van der Waals surface area contributed by atoms with Crippen LogP contribution >= 0.6 is 0 Å². The molecular weight excluding hydrogens is 397 g/mol. The Morgan fingerprint density at radius 1 is 1.07 bits per heavy atom. The summed E-state index contributed by atoms with van der Waals surface area (Å²) in [5.74, 6) is -5.38. The molecule has 0 spiro atoms. The highest BCUT2D eigenvalue weighted by molar-refractivity contribution is 7.89. The summed E-state index contributed by atoms with van der Waals surface area (Å²) in [5.41, 5.74) is -0.358. The van der Waals surface area contributed by atoms with Gasteiger partial charge in [0, 0.05) is 36.5 Å². The van der Waals surface area contributed by atoms with Crippen molar-refractivity contribution in [1.29, 1.82) is 0 Å². The van der Waals surface area contributed by atoms with Crippen LogP contribution in [0.5, 0.6) is 0 Å². The minimum Gasteiger partial charge on any atom is -0.393 e. The van der Waals surface area contributed by atoms with E-state index >= 15 is 0 Å². The second kappa shape index (κ2) is 7.90. The number of amides is 1. The summed E-state index contributed by atoms with van der Waals surface area (Å²) in [6.07, 6.45) is 0.0995. The summed E-state index contributed by atoms with van der Waals surface area (Å²) in [4.78, 5) is 12.2. The molecule has 1 heterocycles. The van der Waals surface area contributed by atoms with E-state index in [1.54, 1.807) is 0 Å². The van der Waals surface area contributed by atoms with Gasteiger partial charge < -0.3 is 10.4 Å². The number of aliphatic hydroxyl groups excluding tert-OH is 1. The van der Waals surface area contributed by atoms with Crippen molar-refractivity contribution in [3.63, 3.8) is 0 Å². The van der Waals surface area contributed by atoms with E-state index in [1.165, 1.54) is 22.5 Å². The Bertz CT molecular complexity index is 983. The third-order valence-corrected chi connectivity index (χ3v) is 6.29. The van der Waals surface area contributed by atoms with E-state index in [9.17, 15) is 31.5 Å². The van der Waals surface area contributed by atoms with Crippen LogP contribution in [0, 0.1) is 17.5 Å². The highest BCUT2D eigenvalue weighted by atomic mass is 32.2. The van der Waals surface area contributed by atoms with Crippen molar-refractivity contribution in [3.05, 3.63) is 59.4 Å². The molecule has 150 valence electrons. The van der Waals surface area contributed by atoms with Crippen molar-refractivity contribution >= 4 is 21.6 Å². The average Bonchev–Trinajstić information content (AvgIpc) is 2.66. The van der Waals surface area contributed by atoms with Gasteiger partial charge in [-0.2, -0.15) is 4.31 Å². The number of rotatable bonds is 4. The van der Waals surface area contributed by atoms with Gasteiger partial charge in [-0.05, 0) is 31.0 Å². The first-order chi connectivity index (χ1) is 13.2. The topological polar surface area (TPSA) is 86.7 Å². The highest BCUT2D eigenvalue weighted by Gasteiger charge is 2.29. The van der Waals surface area contributed by atoms with Gasteiger partial charge in [0.25, 0.3) is 5.91 Å². The maximum Gasteiger partial charge on any atom is 0.255 e. The molecule has 1 amide bonds. The van der Waals surface area contributed by atoms with Crippen molar-refractivity contribution in [2.45, 2.75) is 23.8 Å². The van der Waals surface area contributed by atoms with E-state index < -0.39 is 39.5 Å². The lowest BCUT2D eigenvalue weighted by Gasteiger charge is -2.28. The first kappa shape index (κ1) is 20.3. The number of piperidine rings is 1. The van der Waals surface area contributed by atoms with Crippen LogP contribution in [0.1, 0.15) is 23.2 Å². The Morgan fingerprint density at radius 3 is 2.29 bits per heavy atom. The molecule has 0 aliphatic carbocycles. The second-order valence-electron chi connectivity index (χ2n) is 6.37. The summed E-state index contributed by atoms with van der Waals surface area (Å²) < 4.78 is 66.2. The number of halogens is 3. The maximum absolute atomic E-state index is 13.3. The number of hydrogen-bond acceptors (Lipinski definition) is 4. The van der Waals surface area contributed by atoms with Gasteiger partial charge >= 0.3 is 0 Å². The van der Waals surface area contributed by atoms with E-state index in [2.05, 4.69) is 5.32 Å². The normalized spacial score (nSPS) is 16.1. The van der Waals surface area contributed by atoms with Gasteiger partial charge in [0.1, 0.15) is 0 Å². The van der Waals surface area contributed by atoms with Crippen LogP contribution < -0.4 is 5.32 Å². The molecule has 1 aliphatic heterocycles. The van der Waals surface area contributed by atoms with Crippen LogP contribution in [0.2, 0.25) is 0 Å². The lowest BCUT2D eigenvalue weighted by atomic mass is 10.1. The molecule has 0 radical (unpaired) electrons. The number of sulfonamides is 1. The average molecular weight is 414 g/mol. The van der Waals surface area contributed by atoms with Crippen molar-refractivity contribution in [2.24, 2.45) is 0 Å². The van der Waals surface area contributed by atoms with E-state index in [-0.39, 0.29) is 29.2 Å². The molecule has 2 aromatic rings. The number of carbonyl (C=O) groups excluding carboxylic acids is 1. The third kappa shape index (κ3) is 4.18. The Morgan fingerprint density at radius 2 is 1.68 bits per heavy atom. The first-order valence-electron chi connectivity index (χ1n) is 8.42. The second-order valence-corrected chi connectivity index (χ2v) is 8.31. The van der Waals surface area contributed by atoms with Gasteiger partial charge in [-0.25, -0.2) is 21.6 Å². The summed E-state index contributed by atoms with van der Waals surface area (Å²) in [6.45, 7) is 0.322. The van der Waals surface area contributed by atoms with Gasteiger partial charge in [-0.1, -0.05) is 6.07 Å². The maximum atomic E-state index is 13.3. The molecule has 0 aromatic heterocycles. The number of carbonyl (C=O) groups is 1. The van der Waals surface area contributed by atoms with E-state index in [4.69, 9.17) is 0 Å². The summed E-state index contributed by atoms with van der Waals surface area (Å²) in [6, 6.07) is 6.42. The van der Waals surface area contributed by atoms with Gasteiger partial charge in [-0.3, -0.25) is 4.79 Å². The van der Waals surface area contributed by atoms with Gasteiger partial charge in [-0.15, -0.1) is 0 Å². The van der Waals surface area contributed by atoms with E-state index in [0.717, 1.165) is 6.07 Å². The Labute approximate surface area is 159 Å². The molecule has 28 heavy (non-hydrogen) atoms. The summed E-state index contributed by atoms with van der Waals surface area (Å²) >= 11 is 0. The standard InChI is InChI=1S/C18H17F3N2O4S/c19-15-9-12(10-16(20)17(15)21)22-18(25)11-2-1-3-14(8-11)28(26,27)23-6-4-13(24)5-7-23/h1-3,8-10,13,24H,4-7H2,(H,22,25). The molecule has 2 N–H and O–H groups in total. The van der Waals surface area contributed by atoms with Gasteiger partial charge in [0.2, 0.25) is 10.0 Å². The summed E-state index contributed by atoms with van der Waals surface area (Å²) in [7, 11) is -3.86. The smallest absolute Gasteiger partial charge is 0.255 e. The molecule has 0 bridgehead atoms. The quantitative estimate of drug-likeness (QED) is 0.753. The molecule has 1 aliphatic rings. The molecule has 1 saturated heterocycles. The monoisotopic (exact) mass is 414 g/mol. The fourth-order valence-electron chi connectivity index (χ4n) is 2.86.